The molecule has 0 aliphatic carbocycles. The van der Waals surface area contributed by atoms with Crippen molar-refractivity contribution in [3.63, 3.8) is 0 Å². The summed E-state index contributed by atoms with van der Waals surface area (Å²) in [4.78, 5) is 10.9. The molecule has 0 bridgehead atoms. The number of hydrogen-bond donors (Lipinski definition) is 0. The van der Waals surface area contributed by atoms with Crippen LogP contribution in [-0.4, -0.2) is 31.6 Å². The first-order chi connectivity index (χ1) is 5.72. The van der Waals surface area contributed by atoms with E-state index in [2.05, 4.69) is 0 Å². The zero-order valence-corrected chi connectivity index (χ0v) is 7.15. The summed E-state index contributed by atoms with van der Waals surface area (Å²) < 4.78 is 15.6. The van der Waals surface area contributed by atoms with E-state index in [1.54, 1.807) is 7.11 Å². The number of hydrogen-bond acceptors (Lipinski definition) is 4. The molecule has 0 saturated carbocycles. The molecule has 12 heavy (non-hydrogen) atoms. The molecule has 0 radical (unpaired) electrons. The zero-order valence-electron chi connectivity index (χ0n) is 7.15. The Morgan fingerprint density at radius 2 is 2.33 bits per heavy atom. The Morgan fingerprint density at radius 1 is 1.58 bits per heavy atom. The number of rotatable bonds is 1. The van der Waals surface area contributed by atoms with Gasteiger partial charge in [-0.25, -0.2) is 0 Å². The largest absolute Gasteiger partial charge is 0.459 e. The quantitative estimate of drug-likeness (QED) is 0.534. The predicted octanol–water partition coefficient (Wildman–Crippen LogP) is 0.309. The van der Waals surface area contributed by atoms with E-state index in [1.807, 2.05) is 6.92 Å². The highest BCUT2D eigenvalue weighted by atomic mass is 16.7. The van der Waals surface area contributed by atoms with Crippen LogP contribution in [-0.2, 0) is 19.0 Å². The van der Waals surface area contributed by atoms with Crippen molar-refractivity contribution in [1.29, 1.82) is 0 Å². The number of carbonyl (C=O) groups is 1. The molecule has 2 heterocycles. The molecule has 0 aromatic heterocycles. The highest BCUT2D eigenvalue weighted by molar-refractivity contribution is 5.72. The summed E-state index contributed by atoms with van der Waals surface area (Å²) in [5, 5.41) is 0. The Hall–Kier alpha value is -0.610. The van der Waals surface area contributed by atoms with Gasteiger partial charge in [0, 0.05) is 7.11 Å². The third-order valence-corrected chi connectivity index (χ3v) is 2.49. The molecule has 68 valence electrons. The normalized spacial score (nSPS) is 46.0. The van der Waals surface area contributed by atoms with Gasteiger partial charge < -0.3 is 14.2 Å². The minimum atomic E-state index is -0.267. The molecule has 2 saturated heterocycles. The first kappa shape index (κ1) is 8.01. The lowest BCUT2D eigenvalue weighted by atomic mass is 10.0. The molecule has 0 spiro atoms. The second-order valence-corrected chi connectivity index (χ2v) is 3.27. The van der Waals surface area contributed by atoms with Gasteiger partial charge in [0.1, 0.15) is 6.10 Å². The Bertz CT molecular complexity index is 203. The van der Waals surface area contributed by atoms with E-state index < -0.39 is 0 Å². The first-order valence-electron chi connectivity index (χ1n) is 4.10. The Balaban J connectivity index is 2.13. The second-order valence-electron chi connectivity index (χ2n) is 3.27. The van der Waals surface area contributed by atoms with Crippen LogP contribution in [0.4, 0.5) is 0 Å². The lowest BCUT2D eigenvalue weighted by molar-refractivity contribution is -0.154. The van der Waals surface area contributed by atoms with E-state index >= 15 is 0 Å². The second kappa shape index (κ2) is 2.71. The smallest absolute Gasteiger partial charge is 0.306 e. The summed E-state index contributed by atoms with van der Waals surface area (Å²) in [6.45, 7) is 1.90. The highest BCUT2D eigenvalue weighted by Crippen LogP contribution is 2.37. The van der Waals surface area contributed by atoms with Gasteiger partial charge in [0.15, 0.2) is 6.29 Å². The summed E-state index contributed by atoms with van der Waals surface area (Å²) in [6.07, 6.45) is 0.0262. The van der Waals surface area contributed by atoms with Crippen LogP contribution in [0.5, 0.6) is 0 Å². The zero-order chi connectivity index (χ0) is 8.72. The van der Waals surface area contributed by atoms with Crippen LogP contribution < -0.4 is 0 Å². The van der Waals surface area contributed by atoms with Gasteiger partial charge in [0.25, 0.3) is 0 Å². The van der Waals surface area contributed by atoms with Crippen molar-refractivity contribution in [3.05, 3.63) is 0 Å². The molecule has 0 aromatic carbocycles. The molecule has 4 atom stereocenters. The number of carbonyl (C=O) groups excluding carboxylic acids is 1. The Kier molecular flexibility index (Phi) is 1.81. The molecule has 1 unspecified atom stereocenters. The molecule has 4 heteroatoms. The van der Waals surface area contributed by atoms with Crippen LogP contribution in [0, 0.1) is 5.92 Å². The van der Waals surface area contributed by atoms with Crippen LogP contribution in [0.3, 0.4) is 0 Å². The van der Waals surface area contributed by atoms with Crippen molar-refractivity contribution in [3.8, 4) is 0 Å². The van der Waals surface area contributed by atoms with E-state index in [0.29, 0.717) is 6.42 Å². The van der Waals surface area contributed by atoms with Crippen molar-refractivity contribution in [2.75, 3.05) is 7.11 Å². The van der Waals surface area contributed by atoms with Gasteiger partial charge in [-0.05, 0) is 6.92 Å². The lowest BCUT2D eigenvalue weighted by Gasteiger charge is -2.11. The average molecular weight is 172 g/mol. The predicted molar refractivity (Wildman–Crippen MR) is 39.3 cm³/mol. The molecule has 2 aliphatic rings. The van der Waals surface area contributed by atoms with Crippen LogP contribution in [0.2, 0.25) is 0 Å². The summed E-state index contributed by atoms with van der Waals surface area (Å²) in [7, 11) is 1.59. The summed E-state index contributed by atoms with van der Waals surface area (Å²) in [5.41, 5.74) is 0. The van der Waals surface area contributed by atoms with E-state index in [1.165, 1.54) is 0 Å². The van der Waals surface area contributed by atoms with Gasteiger partial charge in [0.2, 0.25) is 0 Å². The van der Waals surface area contributed by atoms with Gasteiger partial charge >= 0.3 is 5.97 Å². The van der Waals surface area contributed by atoms with Gasteiger partial charge in [-0.2, -0.15) is 0 Å². The molecular formula is C8H12O4. The number of ether oxygens (including phenoxy) is 3. The van der Waals surface area contributed by atoms with Gasteiger partial charge in [-0.3, -0.25) is 4.79 Å². The molecular weight excluding hydrogens is 160 g/mol. The maximum atomic E-state index is 10.9. The molecule has 0 aromatic rings. The maximum absolute atomic E-state index is 10.9. The van der Waals surface area contributed by atoms with Gasteiger partial charge in [-0.15, -0.1) is 0 Å². The maximum Gasteiger partial charge on any atom is 0.306 e. The van der Waals surface area contributed by atoms with Gasteiger partial charge in [0.05, 0.1) is 18.4 Å². The van der Waals surface area contributed by atoms with Crippen LogP contribution >= 0.6 is 0 Å². The molecule has 0 N–H and O–H groups in total. The molecule has 2 rings (SSSR count). The third-order valence-electron chi connectivity index (χ3n) is 2.49. The van der Waals surface area contributed by atoms with Crippen molar-refractivity contribution in [2.24, 2.45) is 5.92 Å². The van der Waals surface area contributed by atoms with Crippen molar-refractivity contribution in [2.45, 2.75) is 31.8 Å². The van der Waals surface area contributed by atoms with E-state index in [4.69, 9.17) is 14.2 Å². The fraction of sp³-hybridized carbons (Fsp3) is 0.875. The fourth-order valence-electron chi connectivity index (χ4n) is 1.91. The summed E-state index contributed by atoms with van der Waals surface area (Å²) in [6, 6.07) is 0. The lowest BCUT2D eigenvalue weighted by Crippen LogP contribution is -2.22. The number of methoxy groups -OCH3 is 1. The molecule has 4 nitrogen and oxygen atoms in total. The van der Waals surface area contributed by atoms with E-state index in [0.717, 1.165) is 0 Å². The Morgan fingerprint density at radius 3 is 3.00 bits per heavy atom. The average Bonchev–Trinajstić information content (AvgIpc) is 2.52. The minimum Gasteiger partial charge on any atom is -0.459 e. The van der Waals surface area contributed by atoms with Crippen molar-refractivity contribution in [1.82, 2.24) is 0 Å². The topological polar surface area (TPSA) is 44.8 Å². The number of fused-ring (bicyclic) bond motifs is 1. The molecule has 2 aliphatic heterocycles. The van der Waals surface area contributed by atoms with Crippen LogP contribution in [0.1, 0.15) is 13.3 Å². The third kappa shape index (κ3) is 1.03. The minimum absolute atomic E-state index is 0.0357. The monoisotopic (exact) mass is 172 g/mol. The Labute approximate surface area is 70.8 Å². The fourth-order valence-corrected chi connectivity index (χ4v) is 1.91. The SMILES string of the molecule is COC1O[C@@H](C)[C@@H]2OC(=O)C[C@H]12. The van der Waals surface area contributed by atoms with E-state index in [-0.39, 0.29) is 30.4 Å². The molecule has 0 amide bonds. The van der Waals surface area contributed by atoms with E-state index in [9.17, 15) is 4.79 Å². The highest BCUT2D eigenvalue weighted by Gasteiger charge is 2.50. The van der Waals surface area contributed by atoms with Crippen molar-refractivity contribution < 1.29 is 19.0 Å². The van der Waals surface area contributed by atoms with Crippen LogP contribution in [0.15, 0.2) is 0 Å². The number of esters is 1. The molecule has 2 fully saturated rings. The van der Waals surface area contributed by atoms with Crippen LogP contribution in [0.25, 0.3) is 0 Å². The summed E-state index contributed by atoms with van der Waals surface area (Å²) in [5.74, 6) is -0.0419. The standard InChI is InChI=1S/C8H12O4/c1-4-7-5(3-6(9)12-7)8(10-2)11-4/h4-5,7-8H,3H2,1-2H3/t4-,5-,7-,8?/m0/s1. The van der Waals surface area contributed by atoms with Crippen molar-refractivity contribution >= 4 is 5.97 Å². The van der Waals surface area contributed by atoms with Gasteiger partial charge in [-0.1, -0.05) is 0 Å². The first-order valence-corrected chi connectivity index (χ1v) is 4.10. The summed E-state index contributed by atoms with van der Waals surface area (Å²) >= 11 is 0.